The number of benzene rings is 1. The van der Waals surface area contributed by atoms with Crippen molar-refractivity contribution in [1.82, 2.24) is 0 Å². The highest BCUT2D eigenvalue weighted by atomic mass is 16.5. The van der Waals surface area contributed by atoms with Crippen molar-refractivity contribution < 1.29 is 4.74 Å². The molecule has 2 rings (SSSR count). The fraction of sp³-hybridized carbons (Fsp3) is 0.500. The van der Waals surface area contributed by atoms with Gasteiger partial charge in [0.1, 0.15) is 5.75 Å². The van der Waals surface area contributed by atoms with Crippen molar-refractivity contribution in [2.75, 3.05) is 7.11 Å². The highest BCUT2D eigenvalue weighted by Crippen LogP contribution is 2.37. The SMILES string of the molecule is COc1ccc([C@@H]2CCC(N)(N)C2)cc1. The minimum absolute atomic E-state index is 0.468. The van der Waals surface area contributed by atoms with Gasteiger partial charge in [0.25, 0.3) is 0 Å². The van der Waals surface area contributed by atoms with E-state index in [-0.39, 0.29) is 0 Å². The van der Waals surface area contributed by atoms with Gasteiger partial charge in [-0.1, -0.05) is 12.1 Å². The van der Waals surface area contributed by atoms with Gasteiger partial charge in [0.05, 0.1) is 12.8 Å². The van der Waals surface area contributed by atoms with Gasteiger partial charge in [-0.25, -0.2) is 0 Å². The van der Waals surface area contributed by atoms with Gasteiger partial charge in [-0.2, -0.15) is 0 Å². The van der Waals surface area contributed by atoms with Gasteiger partial charge >= 0.3 is 0 Å². The second kappa shape index (κ2) is 3.83. The average molecular weight is 206 g/mol. The van der Waals surface area contributed by atoms with Crippen LogP contribution < -0.4 is 16.2 Å². The summed E-state index contributed by atoms with van der Waals surface area (Å²) in [6.07, 6.45) is 2.86. The van der Waals surface area contributed by atoms with Crippen molar-refractivity contribution in [3.8, 4) is 5.75 Å². The lowest BCUT2D eigenvalue weighted by molar-refractivity contribution is 0.414. The van der Waals surface area contributed by atoms with Crippen LogP contribution in [0.2, 0.25) is 0 Å². The average Bonchev–Trinajstić information content (AvgIpc) is 2.59. The second-order valence-electron chi connectivity index (χ2n) is 4.45. The molecular formula is C12H18N2O. The first-order chi connectivity index (χ1) is 7.11. The van der Waals surface area contributed by atoms with Crippen LogP contribution >= 0.6 is 0 Å². The molecule has 4 N–H and O–H groups in total. The molecule has 0 unspecified atom stereocenters. The summed E-state index contributed by atoms with van der Waals surface area (Å²) in [5.41, 5.74) is 12.7. The van der Waals surface area contributed by atoms with E-state index in [0.29, 0.717) is 5.92 Å². The molecule has 0 aliphatic heterocycles. The lowest BCUT2D eigenvalue weighted by Crippen LogP contribution is -2.46. The number of ether oxygens (including phenoxy) is 1. The molecule has 0 spiro atoms. The van der Waals surface area contributed by atoms with Gasteiger partial charge in [0, 0.05) is 0 Å². The Bertz CT molecular complexity index is 332. The Hall–Kier alpha value is -1.06. The minimum atomic E-state index is -0.468. The molecule has 82 valence electrons. The maximum absolute atomic E-state index is 5.91. The van der Waals surface area contributed by atoms with E-state index in [4.69, 9.17) is 16.2 Å². The summed E-state index contributed by atoms with van der Waals surface area (Å²) in [7, 11) is 1.68. The number of rotatable bonds is 2. The van der Waals surface area contributed by atoms with Gasteiger partial charge < -0.3 is 16.2 Å². The van der Waals surface area contributed by atoms with E-state index in [2.05, 4.69) is 12.1 Å². The Morgan fingerprint density at radius 1 is 1.27 bits per heavy atom. The highest BCUT2D eigenvalue weighted by molar-refractivity contribution is 5.30. The van der Waals surface area contributed by atoms with Crippen molar-refractivity contribution in [1.29, 1.82) is 0 Å². The summed E-state index contributed by atoms with van der Waals surface area (Å²) in [6, 6.07) is 8.18. The van der Waals surface area contributed by atoms with Crippen molar-refractivity contribution in [2.45, 2.75) is 30.8 Å². The number of hydrogen-bond donors (Lipinski definition) is 2. The molecule has 3 nitrogen and oxygen atoms in total. The smallest absolute Gasteiger partial charge is 0.118 e. The van der Waals surface area contributed by atoms with E-state index >= 15 is 0 Å². The van der Waals surface area contributed by atoms with Gasteiger partial charge in [0.2, 0.25) is 0 Å². The molecule has 0 amide bonds. The van der Waals surface area contributed by atoms with Gasteiger partial charge in [0.15, 0.2) is 0 Å². The predicted octanol–water partition coefficient (Wildman–Crippen LogP) is 1.58. The molecule has 0 radical (unpaired) electrons. The zero-order valence-corrected chi connectivity index (χ0v) is 9.07. The van der Waals surface area contributed by atoms with Crippen molar-refractivity contribution in [3.05, 3.63) is 29.8 Å². The van der Waals surface area contributed by atoms with E-state index in [1.165, 1.54) is 5.56 Å². The Morgan fingerprint density at radius 2 is 1.93 bits per heavy atom. The summed E-state index contributed by atoms with van der Waals surface area (Å²) >= 11 is 0. The Kier molecular flexibility index (Phi) is 2.67. The van der Waals surface area contributed by atoms with Crippen LogP contribution in [0.4, 0.5) is 0 Å². The van der Waals surface area contributed by atoms with Gasteiger partial charge in [-0.15, -0.1) is 0 Å². The first kappa shape index (κ1) is 10.5. The third-order valence-corrected chi connectivity index (χ3v) is 3.17. The monoisotopic (exact) mass is 206 g/mol. The van der Waals surface area contributed by atoms with E-state index in [0.717, 1.165) is 25.0 Å². The fourth-order valence-corrected chi connectivity index (χ4v) is 2.27. The van der Waals surface area contributed by atoms with E-state index < -0.39 is 5.66 Å². The van der Waals surface area contributed by atoms with Crippen LogP contribution in [0.25, 0.3) is 0 Å². The van der Waals surface area contributed by atoms with Crippen LogP contribution in [0.15, 0.2) is 24.3 Å². The summed E-state index contributed by atoms with van der Waals surface area (Å²) in [5, 5.41) is 0. The first-order valence-corrected chi connectivity index (χ1v) is 5.32. The second-order valence-corrected chi connectivity index (χ2v) is 4.45. The van der Waals surface area contributed by atoms with E-state index in [1.807, 2.05) is 12.1 Å². The third-order valence-electron chi connectivity index (χ3n) is 3.17. The van der Waals surface area contributed by atoms with Crippen LogP contribution in [-0.4, -0.2) is 12.8 Å². The molecule has 0 aromatic heterocycles. The molecule has 1 aromatic rings. The van der Waals surface area contributed by atoms with Crippen LogP contribution in [0.1, 0.15) is 30.7 Å². The zero-order chi connectivity index (χ0) is 10.9. The standard InChI is InChI=1S/C12H18N2O/c1-15-11-4-2-9(3-5-11)10-6-7-12(13,14)8-10/h2-5,10H,6-8,13-14H2,1H3/t10-/m1/s1. The minimum Gasteiger partial charge on any atom is -0.497 e. The molecular weight excluding hydrogens is 188 g/mol. The Balaban J connectivity index is 2.11. The molecule has 3 heteroatoms. The molecule has 1 saturated carbocycles. The molecule has 15 heavy (non-hydrogen) atoms. The highest BCUT2D eigenvalue weighted by Gasteiger charge is 2.32. The largest absolute Gasteiger partial charge is 0.497 e. The molecule has 0 saturated heterocycles. The number of hydrogen-bond acceptors (Lipinski definition) is 3. The number of methoxy groups -OCH3 is 1. The van der Waals surface area contributed by atoms with Crippen LogP contribution in [0, 0.1) is 0 Å². The summed E-state index contributed by atoms with van der Waals surface area (Å²) in [4.78, 5) is 0. The molecule has 1 aromatic carbocycles. The van der Waals surface area contributed by atoms with Crippen molar-refractivity contribution >= 4 is 0 Å². The van der Waals surface area contributed by atoms with E-state index in [9.17, 15) is 0 Å². The molecule has 1 fully saturated rings. The summed E-state index contributed by atoms with van der Waals surface area (Å²) in [6.45, 7) is 0. The Morgan fingerprint density at radius 3 is 2.40 bits per heavy atom. The molecule has 1 aliphatic carbocycles. The normalized spacial score (nSPS) is 24.1. The first-order valence-electron chi connectivity index (χ1n) is 5.32. The van der Waals surface area contributed by atoms with Crippen LogP contribution in [-0.2, 0) is 0 Å². The van der Waals surface area contributed by atoms with Crippen LogP contribution in [0.3, 0.4) is 0 Å². The lowest BCUT2D eigenvalue weighted by Gasteiger charge is -2.17. The molecule has 1 aliphatic rings. The van der Waals surface area contributed by atoms with Crippen LogP contribution in [0.5, 0.6) is 5.75 Å². The van der Waals surface area contributed by atoms with E-state index in [1.54, 1.807) is 7.11 Å². The van der Waals surface area contributed by atoms with Gasteiger partial charge in [-0.05, 0) is 42.9 Å². The van der Waals surface area contributed by atoms with Gasteiger partial charge in [-0.3, -0.25) is 0 Å². The number of nitrogens with two attached hydrogens (primary N) is 2. The molecule has 1 atom stereocenters. The zero-order valence-electron chi connectivity index (χ0n) is 9.07. The summed E-state index contributed by atoms with van der Waals surface area (Å²) < 4.78 is 5.12. The lowest BCUT2D eigenvalue weighted by atomic mass is 9.97. The molecule has 0 heterocycles. The molecule has 0 bridgehead atoms. The van der Waals surface area contributed by atoms with Crippen molar-refractivity contribution in [2.24, 2.45) is 11.5 Å². The Labute approximate surface area is 90.4 Å². The maximum Gasteiger partial charge on any atom is 0.118 e. The fourth-order valence-electron chi connectivity index (χ4n) is 2.27. The maximum atomic E-state index is 5.91. The topological polar surface area (TPSA) is 61.3 Å². The quantitative estimate of drug-likeness (QED) is 0.722. The predicted molar refractivity (Wildman–Crippen MR) is 60.7 cm³/mol. The van der Waals surface area contributed by atoms with Crippen molar-refractivity contribution in [3.63, 3.8) is 0 Å². The summed E-state index contributed by atoms with van der Waals surface area (Å²) in [5.74, 6) is 1.40. The third kappa shape index (κ3) is 2.30.